The van der Waals surface area contributed by atoms with Crippen molar-refractivity contribution in [2.24, 2.45) is 0 Å². The Kier molecular flexibility index (Phi) is 12.6. The lowest BCUT2D eigenvalue weighted by Crippen LogP contribution is -2.34. The highest BCUT2D eigenvalue weighted by Gasteiger charge is 2.21. The Balaban J connectivity index is 0.00000156. The van der Waals surface area contributed by atoms with Crippen LogP contribution in [0.25, 0.3) is 11.4 Å². The van der Waals surface area contributed by atoms with Crippen LogP contribution >= 0.6 is 0 Å². The van der Waals surface area contributed by atoms with Crippen molar-refractivity contribution in [2.75, 3.05) is 53.8 Å². The largest absolute Gasteiger partial charge is 0.493 e. The van der Waals surface area contributed by atoms with Gasteiger partial charge in [-0.15, -0.1) is 0 Å². The number of rotatable bonds is 5. The van der Waals surface area contributed by atoms with Crippen LogP contribution in [0.4, 0.5) is 0 Å². The number of ether oxygens (including phenoxy) is 5. The molecule has 0 atom stereocenters. The van der Waals surface area contributed by atoms with E-state index in [0.717, 1.165) is 36.5 Å². The van der Waals surface area contributed by atoms with Gasteiger partial charge in [-0.25, -0.2) is 14.8 Å². The van der Waals surface area contributed by atoms with Crippen molar-refractivity contribution in [1.29, 1.82) is 0 Å². The van der Waals surface area contributed by atoms with Crippen LogP contribution in [0.2, 0.25) is 0 Å². The molecule has 0 saturated carbocycles. The summed E-state index contributed by atoms with van der Waals surface area (Å²) in [5.74, 6) is 2.70. The predicted molar refractivity (Wildman–Crippen MR) is 179 cm³/mol. The zero-order chi connectivity index (χ0) is 35.3. The van der Waals surface area contributed by atoms with Crippen LogP contribution in [0.15, 0.2) is 61.2 Å². The van der Waals surface area contributed by atoms with Gasteiger partial charge in [0.05, 0.1) is 38.9 Å². The molecule has 4 heterocycles. The zero-order valence-electron chi connectivity index (χ0n) is 28.0. The van der Waals surface area contributed by atoms with Crippen LogP contribution in [0.1, 0.15) is 45.8 Å². The first-order valence-corrected chi connectivity index (χ1v) is 16.1. The molecule has 0 spiro atoms. The summed E-state index contributed by atoms with van der Waals surface area (Å²) in [5, 5.41) is 6.89. The van der Waals surface area contributed by atoms with Crippen LogP contribution in [-0.2, 0) is 22.6 Å². The van der Waals surface area contributed by atoms with Gasteiger partial charge in [0.1, 0.15) is 5.82 Å². The minimum atomic E-state index is -0.524. The first kappa shape index (κ1) is 35.6. The smallest absolute Gasteiger partial charge is 0.358 e. The lowest BCUT2D eigenvalue weighted by Gasteiger charge is -2.25. The Hall–Kier alpha value is -5.70. The number of carboxylic acid groups (broad SMARTS) is 1. The lowest BCUT2D eigenvalue weighted by molar-refractivity contribution is -0.122. The Morgan fingerprint density at radius 3 is 2.46 bits per heavy atom. The predicted octanol–water partition coefficient (Wildman–Crippen LogP) is 3.77. The van der Waals surface area contributed by atoms with Crippen LogP contribution in [-0.4, -0.2) is 107 Å². The average molecular weight is 689 g/mol. The van der Waals surface area contributed by atoms with E-state index >= 15 is 0 Å². The third-order valence-corrected chi connectivity index (χ3v) is 8.17. The standard InChI is InChI=1S/C34H38N6O7.CH2O2/c1-43-28-8-6-24-18-30(28)45-17-5-13-40(33(41)25-7-9-29-31(19-25)47-23-46-29)12-4-3-11-38(15-16-39-14-10-35-32(24)39)22-26-20-37-27(21-36-26)34(42)44-2;2-1-3/h6-10,14,18-21H,3-5,11-13,15-17,22-23H2,1-2H3;1H,(H,2,3). The van der Waals surface area contributed by atoms with Crippen LogP contribution < -0.4 is 18.9 Å². The maximum Gasteiger partial charge on any atom is 0.358 e. The van der Waals surface area contributed by atoms with Crippen LogP contribution in [0.5, 0.6) is 23.0 Å². The van der Waals surface area contributed by atoms with Gasteiger partial charge in [-0.1, -0.05) is 0 Å². The second-order valence-corrected chi connectivity index (χ2v) is 11.3. The third kappa shape index (κ3) is 9.05. The Morgan fingerprint density at radius 2 is 1.68 bits per heavy atom. The van der Waals surface area contributed by atoms with Crippen molar-refractivity contribution in [3.05, 3.63) is 78.1 Å². The summed E-state index contributed by atoms with van der Waals surface area (Å²) < 4.78 is 29.6. The molecule has 2 aromatic carbocycles. The van der Waals surface area contributed by atoms with Gasteiger partial charge in [0.25, 0.3) is 12.4 Å². The number of nitrogens with zero attached hydrogens (tertiary/aromatic N) is 6. The number of carbonyl (C=O) groups is 3. The minimum absolute atomic E-state index is 0.0657. The van der Waals surface area contributed by atoms with E-state index in [4.69, 9.17) is 33.6 Å². The summed E-state index contributed by atoms with van der Waals surface area (Å²) in [6, 6.07) is 11.1. The summed E-state index contributed by atoms with van der Waals surface area (Å²) in [5.41, 5.74) is 2.37. The molecule has 2 bridgehead atoms. The Bertz CT molecular complexity index is 1750. The highest BCUT2D eigenvalue weighted by atomic mass is 16.7. The molecule has 15 nitrogen and oxygen atoms in total. The zero-order valence-corrected chi connectivity index (χ0v) is 28.0. The number of benzene rings is 2. The first-order valence-electron chi connectivity index (χ1n) is 16.1. The fourth-order valence-electron chi connectivity index (χ4n) is 5.68. The molecule has 2 aliphatic heterocycles. The van der Waals surface area contributed by atoms with Crippen LogP contribution in [0, 0.1) is 0 Å². The molecule has 264 valence electrons. The van der Waals surface area contributed by atoms with Gasteiger partial charge in [0.15, 0.2) is 28.7 Å². The number of hydrogen-bond acceptors (Lipinski definition) is 12. The molecule has 6 rings (SSSR count). The molecule has 0 unspecified atom stereocenters. The monoisotopic (exact) mass is 688 g/mol. The summed E-state index contributed by atoms with van der Waals surface area (Å²) >= 11 is 0. The number of carbonyl (C=O) groups excluding carboxylic acids is 2. The quantitative estimate of drug-likeness (QED) is 0.238. The molecule has 0 aliphatic carbocycles. The maximum atomic E-state index is 13.7. The first-order chi connectivity index (χ1) is 24.4. The molecule has 4 aromatic rings. The number of methoxy groups -OCH3 is 2. The number of fused-ring (bicyclic) bond motifs is 5. The molecule has 15 heteroatoms. The van der Waals surface area contributed by atoms with Gasteiger partial charge in [-0.3, -0.25) is 19.5 Å². The van der Waals surface area contributed by atoms with Gasteiger partial charge in [-0.05, 0) is 62.2 Å². The van der Waals surface area contributed by atoms with E-state index in [9.17, 15) is 9.59 Å². The van der Waals surface area contributed by atoms with Gasteiger partial charge >= 0.3 is 5.97 Å². The third-order valence-electron chi connectivity index (χ3n) is 8.17. The van der Waals surface area contributed by atoms with Crippen molar-refractivity contribution in [1.82, 2.24) is 29.3 Å². The Morgan fingerprint density at radius 1 is 0.880 bits per heavy atom. The van der Waals surface area contributed by atoms with E-state index in [1.54, 1.807) is 37.7 Å². The SMILES string of the molecule is COC(=O)c1cnc(CN2CCCCN(C(=O)c3ccc4c(c3)OCO4)CCCOc3cc(ccc3OC)-c3nccn3CC2)cn1.O=CO. The molecule has 50 heavy (non-hydrogen) atoms. The molecular weight excluding hydrogens is 648 g/mol. The summed E-state index contributed by atoms with van der Waals surface area (Å²) in [7, 11) is 2.93. The van der Waals surface area contributed by atoms with Crippen molar-refractivity contribution >= 4 is 18.3 Å². The fraction of sp³-hybridized carbons (Fsp3) is 0.371. The average Bonchev–Trinajstić information content (AvgIpc) is 3.82. The van der Waals surface area contributed by atoms with E-state index in [1.807, 2.05) is 29.3 Å². The van der Waals surface area contributed by atoms with E-state index in [0.29, 0.717) is 74.3 Å². The fourth-order valence-corrected chi connectivity index (χ4v) is 5.68. The van der Waals surface area contributed by atoms with Crippen molar-refractivity contribution in [2.45, 2.75) is 32.4 Å². The van der Waals surface area contributed by atoms with Crippen molar-refractivity contribution < 1.29 is 43.2 Å². The van der Waals surface area contributed by atoms with E-state index in [1.165, 1.54) is 13.3 Å². The number of aromatic nitrogens is 4. The van der Waals surface area contributed by atoms with Gasteiger partial charge in [-0.2, -0.15) is 0 Å². The minimum Gasteiger partial charge on any atom is -0.493 e. The molecule has 0 saturated heterocycles. The van der Waals surface area contributed by atoms with Crippen molar-refractivity contribution in [3.63, 3.8) is 0 Å². The molecule has 1 amide bonds. The molecule has 2 aromatic heterocycles. The van der Waals surface area contributed by atoms with Gasteiger partial charge < -0.3 is 38.3 Å². The highest BCUT2D eigenvalue weighted by molar-refractivity contribution is 5.95. The molecule has 2 aliphatic rings. The van der Waals surface area contributed by atoms with Crippen molar-refractivity contribution in [3.8, 4) is 34.4 Å². The number of hydrogen-bond donors (Lipinski definition) is 1. The highest BCUT2D eigenvalue weighted by Crippen LogP contribution is 2.34. The summed E-state index contributed by atoms with van der Waals surface area (Å²) in [4.78, 5) is 51.5. The van der Waals surface area contributed by atoms with Crippen LogP contribution in [0.3, 0.4) is 0 Å². The second kappa shape index (κ2) is 17.6. The summed E-state index contributed by atoms with van der Waals surface area (Å²) in [6.07, 6.45) is 9.10. The maximum absolute atomic E-state index is 13.7. The number of amides is 1. The van der Waals surface area contributed by atoms with E-state index in [2.05, 4.69) is 24.4 Å². The second-order valence-electron chi connectivity index (χ2n) is 11.3. The molecule has 1 N–H and O–H groups in total. The molecular formula is C35H40N6O9. The van der Waals surface area contributed by atoms with Gasteiger partial charge in [0.2, 0.25) is 6.79 Å². The number of esters is 1. The van der Waals surface area contributed by atoms with E-state index in [-0.39, 0.29) is 24.9 Å². The van der Waals surface area contributed by atoms with Gasteiger partial charge in [0, 0.05) is 56.2 Å². The topological polar surface area (TPSA) is 168 Å². The normalized spacial score (nSPS) is 15.0. The van der Waals surface area contributed by atoms with E-state index < -0.39 is 5.97 Å². The lowest BCUT2D eigenvalue weighted by atomic mass is 10.1. The molecule has 0 fully saturated rings. The number of imidazole rings is 1. The summed E-state index contributed by atoms with van der Waals surface area (Å²) in [6.45, 7) is 4.11. The molecule has 0 radical (unpaired) electrons. The Labute approximate surface area is 289 Å².